The fraction of sp³-hybridized carbons (Fsp3) is 0.400. The van der Waals surface area contributed by atoms with Gasteiger partial charge in [-0.05, 0) is 55.1 Å². The third-order valence-corrected chi connectivity index (χ3v) is 5.13. The number of rotatable bonds is 5. The van der Waals surface area contributed by atoms with Crippen LogP contribution in [0.5, 0.6) is 0 Å². The van der Waals surface area contributed by atoms with E-state index in [-0.39, 0.29) is 6.04 Å². The Bertz CT molecular complexity index is 715. The van der Waals surface area contributed by atoms with Gasteiger partial charge in [0.1, 0.15) is 6.04 Å². The van der Waals surface area contributed by atoms with Crippen molar-refractivity contribution in [2.24, 2.45) is 0 Å². The van der Waals surface area contributed by atoms with Crippen LogP contribution in [0, 0.1) is 0 Å². The van der Waals surface area contributed by atoms with E-state index in [9.17, 15) is 9.90 Å². The number of benzene rings is 1. The van der Waals surface area contributed by atoms with Gasteiger partial charge < -0.3 is 5.11 Å². The zero-order valence-electron chi connectivity index (χ0n) is 14.4. The molecule has 25 heavy (non-hydrogen) atoms. The van der Waals surface area contributed by atoms with Gasteiger partial charge in [0.2, 0.25) is 0 Å². The predicted molar refractivity (Wildman–Crippen MR) is 98.9 cm³/mol. The first-order chi connectivity index (χ1) is 12.1. The number of aryl methyl sites for hydroxylation is 1. The lowest BCUT2D eigenvalue weighted by Crippen LogP contribution is -2.47. The number of hydrogen-bond donors (Lipinski definition) is 1. The Kier molecular flexibility index (Phi) is 5.71. The van der Waals surface area contributed by atoms with Crippen LogP contribution in [0.2, 0.25) is 5.02 Å². The highest BCUT2D eigenvalue weighted by molar-refractivity contribution is 6.30. The molecule has 0 spiro atoms. The minimum Gasteiger partial charge on any atom is -0.480 e. The zero-order valence-corrected chi connectivity index (χ0v) is 15.1. The van der Waals surface area contributed by atoms with Crippen LogP contribution in [0.1, 0.15) is 49.0 Å². The van der Waals surface area contributed by atoms with Gasteiger partial charge in [-0.15, -0.1) is 0 Å². The molecule has 0 radical (unpaired) electrons. The number of carboxylic acid groups (broad SMARTS) is 1. The Morgan fingerprint density at radius 2 is 2.04 bits per heavy atom. The summed E-state index contributed by atoms with van der Waals surface area (Å²) in [5.41, 5.74) is 3.08. The summed E-state index contributed by atoms with van der Waals surface area (Å²) in [7, 11) is 0. The smallest absolute Gasteiger partial charge is 0.320 e. The molecule has 1 aliphatic rings. The van der Waals surface area contributed by atoms with Crippen molar-refractivity contribution >= 4 is 17.6 Å². The zero-order chi connectivity index (χ0) is 17.8. The highest BCUT2D eigenvalue weighted by atomic mass is 35.5. The minimum atomic E-state index is -0.760. The second kappa shape index (κ2) is 7.98. The maximum atomic E-state index is 11.8. The van der Waals surface area contributed by atoms with Crippen LogP contribution < -0.4 is 0 Å². The molecule has 2 heterocycles. The van der Waals surface area contributed by atoms with Gasteiger partial charge >= 0.3 is 5.97 Å². The first-order valence-electron chi connectivity index (χ1n) is 8.79. The number of carboxylic acids is 1. The molecule has 0 saturated carbocycles. The molecule has 0 amide bonds. The minimum absolute atomic E-state index is 0.176. The molecular formula is C20H23ClN2O2. The molecule has 132 valence electrons. The predicted octanol–water partition coefficient (Wildman–Crippen LogP) is 4.33. The summed E-state index contributed by atoms with van der Waals surface area (Å²) < 4.78 is 0. The average molecular weight is 359 g/mol. The van der Waals surface area contributed by atoms with E-state index in [0.29, 0.717) is 11.4 Å². The van der Waals surface area contributed by atoms with Crippen LogP contribution >= 0.6 is 11.6 Å². The number of piperidine rings is 1. The van der Waals surface area contributed by atoms with Crippen LogP contribution in [-0.4, -0.2) is 33.5 Å². The van der Waals surface area contributed by atoms with Crippen molar-refractivity contribution in [3.63, 3.8) is 0 Å². The Hall–Kier alpha value is -1.91. The number of hydrogen-bond acceptors (Lipinski definition) is 3. The van der Waals surface area contributed by atoms with Gasteiger partial charge in [0, 0.05) is 11.2 Å². The lowest BCUT2D eigenvalue weighted by Gasteiger charge is -2.39. The van der Waals surface area contributed by atoms with E-state index in [1.165, 1.54) is 5.56 Å². The summed E-state index contributed by atoms with van der Waals surface area (Å²) in [6, 6.07) is 11.1. The molecule has 0 bridgehead atoms. The SMILES string of the molecule is CCc1ccc(C(c2ccc(Cl)cc2)N2CCCCC2C(=O)O)nc1. The molecule has 0 aliphatic carbocycles. The second-order valence-corrected chi connectivity index (χ2v) is 6.92. The van der Waals surface area contributed by atoms with Crippen molar-refractivity contribution in [2.45, 2.75) is 44.7 Å². The van der Waals surface area contributed by atoms with Gasteiger partial charge in [0.15, 0.2) is 0 Å². The third kappa shape index (κ3) is 4.02. The number of pyridine rings is 1. The highest BCUT2D eigenvalue weighted by Gasteiger charge is 2.35. The van der Waals surface area contributed by atoms with E-state index in [1.54, 1.807) is 0 Å². The van der Waals surface area contributed by atoms with E-state index in [1.807, 2.05) is 36.5 Å². The largest absolute Gasteiger partial charge is 0.480 e. The van der Waals surface area contributed by atoms with Crippen molar-refractivity contribution in [1.82, 2.24) is 9.88 Å². The molecule has 1 aliphatic heterocycles. The van der Waals surface area contributed by atoms with Crippen LogP contribution in [0.25, 0.3) is 0 Å². The van der Waals surface area contributed by atoms with Crippen molar-refractivity contribution in [3.8, 4) is 0 Å². The Labute approximate surface area is 153 Å². The molecule has 4 nitrogen and oxygen atoms in total. The number of likely N-dealkylation sites (tertiary alicyclic amines) is 1. The van der Waals surface area contributed by atoms with Crippen molar-refractivity contribution in [3.05, 3.63) is 64.4 Å². The number of aromatic nitrogens is 1. The van der Waals surface area contributed by atoms with Crippen LogP contribution in [0.15, 0.2) is 42.6 Å². The molecule has 3 rings (SSSR count). The quantitative estimate of drug-likeness (QED) is 0.864. The molecule has 1 aromatic heterocycles. The normalized spacial score (nSPS) is 19.5. The number of carbonyl (C=O) groups is 1. The van der Waals surface area contributed by atoms with Crippen molar-refractivity contribution in [1.29, 1.82) is 0 Å². The maximum Gasteiger partial charge on any atom is 0.320 e. The molecular weight excluding hydrogens is 336 g/mol. The Morgan fingerprint density at radius 1 is 1.28 bits per heavy atom. The fourth-order valence-corrected chi connectivity index (χ4v) is 3.64. The molecule has 1 saturated heterocycles. The standard InChI is InChI=1S/C20H23ClN2O2/c1-2-14-6-11-17(22-13-14)19(15-7-9-16(21)10-8-15)23-12-4-3-5-18(23)20(24)25/h6-11,13,18-19H,2-5,12H2,1H3,(H,24,25). The van der Waals surface area contributed by atoms with Crippen LogP contribution in [0.3, 0.4) is 0 Å². The summed E-state index contributed by atoms with van der Waals surface area (Å²) in [6.45, 7) is 2.85. The molecule has 1 N–H and O–H groups in total. The van der Waals surface area contributed by atoms with Gasteiger partial charge in [0.05, 0.1) is 11.7 Å². The first-order valence-corrected chi connectivity index (χ1v) is 9.16. The maximum absolute atomic E-state index is 11.8. The van der Waals surface area contributed by atoms with Gasteiger partial charge in [0.25, 0.3) is 0 Å². The average Bonchev–Trinajstić information content (AvgIpc) is 2.64. The van der Waals surface area contributed by atoms with E-state index in [2.05, 4.69) is 22.9 Å². The van der Waals surface area contributed by atoms with Gasteiger partial charge in [-0.1, -0.05) is 43.1 Å². The summed E-state index contributed by atoms with van der Waals surface area (Å²) in [5.74, 6) is -0.760. The number of nitrogens with zero attached hydrogens (tertiary/aromatic N) is 2. The number of aliphatic carboxylic acids is 1. The van der Waals surface area contributed by atoms with Crippen molar-refractivity contribution in [2.75, 3.05) is 6.54 Å². The topological polar surface area (TPSA) is 53.4 Å². The molecule has 2 atom stereocenters. The van der Waals surface area contributed by atoms with Crippen molar-refractivity contribution < 1.29 is 9.90 Å². The Balaban J connectivity index is 2.03. The third-order valence-electron chi connectivity index (χ3n) is 4.88. The first kappa shape index (κ1) is 17.9. The fourth-order valence-electron chi connectivity index (χ4n) is 3.51. The van der Waals surface area contributed by atoms with Crippen LogP contribution in [0.4, 0.5) is 0 Å². The second-order valence-electron chi connectivity index (χ2n) is 6.49. The summed E-state index contributed by atoms with van der Waals surface area (Å²) in [5, 5.41) is 10.4. The Morgan fingerprint density at radius 3 is 2.64 bits per heavy atom. The van der Waals surface area contributed by atoms with Gasteiger partial charge in [-0.2, -0.15) is 0 Å². The monoisotopic (exact) mass is 358 g/mol. The van der Waals surface area contributed by atoms with E-state index in [4.69, 9.17) is 11.6 Å². The van der Waals surface area contributed by atoms with Crippen LogP contribution in [-0.2, 0) is 11.2 Å². The lowest BCUT2D eigenvalue weighted by atomic mass is 9.94. The van der Waals surface area contributed by atoms with E-state index in [0.717, 1.165) is 37.1 Å². The van der Waals surface area contributed by atoms with E-state index < -0.39 is 12.0 Å². The lowest BCUT2D eigenvalue weighted by molar-refractivity contribution is -0.145. The number of halogens is 1. The highest BCUT2D eigenvalue weighted by Crippen LogP contribution is 2.34. The summed E-state index contributed by atoms with van der Waals surface area (Å²) in [4.78, 5) is 18.5. The molecule has 2 unspecified atom stereocenters. The molecule has 2 aromatic rings. The van der Waals surface area contributed by atoms with Gasteiger partial charge in [-0.25, -0.2) is 0 Å². The molecule has 1 fully saturated rings. The molecule has 5 heteroatoms. The summed E-state index contributed by atoms with van der Waals surface area (Å²) >= 11 is 6.04. The molecule has 1 aromatic carbocycles. The van der Waals surface area contributed by atoms with Gasteiger partial charge in [-0.3, -0.25) is 14.7 Å². The van der Waals surface area contributed by atoms with E-state index >= 15 is 0 Å². The summed E-state index contributed by atoms with van der Waals surface area (Å²) in [6.07, 6.45) is 5.44.